The molecule has 5 N–H and O–H groups in total. The minimum atomic E-state index is -1.49. The Kier molecular flexibility index (Phi) is 9.64. The topological polar surface area (TPSA) is 129 Å². The highest BCUT2D eigenvalue weighted by Crippen LogP contribution is 2.23. The Bertz CT molecular complexity index is 915. The van der Waals surface area contributed by atoms with Crippen molar-refractivity contribution < 1.29 is 24.2 Å². The summed E-state index contributed by atoms with van der Waals surface area (Å²) in [6, 6.07) is 2.80. The molecule has 0 aromatic heterocycles. The molecule has 5 unspecified atom stereocenters. The molecular weight excluding hydrogens is 436 g/mol. The summed E-state index contributed by atoms with van der Waals surface area (Å²) in [5, 5.41) is 22.1. The average molecular weight is 475 g/mol. The van der Waals surface area contributed by atoms with Gasteiger partial charge in [0.25, 0.3) is 0 Å². The first-order valence-electron chi connectivity index (χ1n) is 11.7. The molecule has 1 aliphatic rings. The zero-order chi connectivity index (χ0) is 25.5. The zero-order valence-corrected chi connectivity index (χ0v) is 20.9. The molecule has 0 spiro atoms. The SMILES string of the molecule is CCC(C)C1NC(=O)C(NC)Cc2cc(ccc2OC)/C=C/NC(=O)C(C(C)(O)CC)NC1=O. The summed E-state index contributed by atoms with van der Waals surface area (Å²) in [5.74, 6) is -0.992. The van der Waals surface area contributed by atoms with Gasteiger partial charge >= 0.3 is 0 Å². The molecule has 1 heterocycles. The number of aliphatic hydroxyl groups is 1. The van der Waals surface area contributed by atoms with Gasteiger partial charge in [0.15, 0.2) is 0 Å². The Balaban J connectivity index is 2.56. The summed E-state index contributed by atoms with van der Waals surface area (Å²) in [5.41, 5.74) is 0.102. The number of methoxy groups -OCH3 is 1. The number of amides is 3. The summed E-state index contributed by atoms with van der Waals surface area (Å²) < 4.78 is 5.47. The smallest absolute Gasteiger partial charge is 0.249 e. The van der Waals surface area contributed by atoms with Crippen LogP contribution in [0.5, 0.6) is 5.75 Å². The first-order valence-corrected chi connectivity index (χ1v) is 11.7. The molecule has 9 heteroatoms. The van der Waals surface area contributed by atoms with E-state index in [1.165, 1.54) is 13.1 Å². The number of ether oxygens (including phenoxy) is 1. The summed E-state index contributed by atoms with van der Waals surface area (Å²) >= 11 is 0. The van der Waals surface area contributed by atoms with Crippen LogP contribution in [0.15, 0.2) is 24.4 Å². The van der Waals surface area contributed by atoms with E-state index in [-0.39, 0.29) is 18.2 Å². The van der Waals surface area contributed by atoms with Gasteiger partial charge < -0.3 is 31.1 Å². The Morgan fingerprint density at radius 2 is 1.88 bits per heavy atom. The van der Waals surface area contributed by atoms with Crippen molar-refractivity contribution in [2.24, 2.45) is 5.92 Å². The van der Waals surface area contributed by atoms with Crippen LogP contribution < -0.4 is 26.0 Å². The molecule has 0 radical (unpaired) electrons. The maximum Gasteiger partial charge on any atom is 0.249 e. The second-order valence-corrected chi connectivity index (χ2v) is 8.98. The number of carbonyl (C=O) groups is 3. The van der Waals surface area contributed by atoms with E-state index in [1.54, 1.807) is 33.2 Å². The Hall–Kier alpha value is -2.91. The van der Waals surface area contributed by atoms with Crippen LogP contribution in [0.1, 0.15) is 51.7 Å². The number of fused-ring (bicyclic) bond motifs is 2. The van der Waals surface area contributed by atoms with Crippen molar-refractivity contribution in [1.29, 1.82) is 0 Å². The van der Waals surface area contributed by atoms with Crippen LogP contribution in [0, 0.1) is 5.92 Å². The molecule has 1 aliphatic heterocycles. The molecule has 0 saturated heterocycles. The summed E-state index contributed by atoms with van der Waals surface area (Å²) in [6.07, 6.45) is 4.38. The van der Waals surface area contributed by atoms with Gasteiger partial charge in [-0.15, -0.1) is 0 Å². The fraction of sp³-hybridized carbons (Fsp3) is 0.560. The summed E-state index contributed by atoms with van der Waals surface area (Å²) in [6.45, 7) is 7.01. The van der Waals surface area contributed by atoms with Gasteiger partial charge in [0.05, 0.1) is 18.8 Å². The van der Waals surface area contributed by atoms with E-state index < -0.39 is 35.5 Å². The predicted octanol–water partition coefficient (Wildman–Crippen LogP) is 1.10. The maximum absolute atomic E-state index is 13.3. The number of likely N-dealkylation sites (N-methyl/N-ethyl adjacent to an activating group) is 1. The van der Waals surface area contributed by atoms with Crippen molar-refractivity contribution in [3.63, 3.8) is 0 Å². The lowest BCUT2D eigenvalue weighted by atomic mass is 9.91. The van der Waals surface area contributed by atoms with Gasteiger partial charge in [0.1, 0.15) is 17.8 Å². The fourth-order valence-corrected chi connectivity index (χ4v) is 3.81. The molecular formula is C25H38N4O5. The van der Waals surface area contributed by atoms with Crippen LogP contribution in [-0.4, -0.2) is 60.7 Å². The average Bonchev–Trinajstić information content (AvgIpc) is 2.82. The van der Waals surface area contributed by atoms with Gasteiger partial charge in [0, 0.05) is 12.6 Å². The standard InChI is InChI=1S/C25H38N4O5/c1-7-15(3)20-23(31)29-21(25(4,33)8-2)24(32)27-12-11-16-9-10-19(34-6)17(13-16)14-18(26-5)22(30)28-20/h9-13,15,18,20-21,26,33H,7-8,14H2,1-6H3,(H,27,32)(H,28,30)(H,29,31)/b12-11+. The number of hydrogen-bond acceptors (Lipinski definition) is 6. The molecule has 5 atom stereocenters. The highest BCUT2D eigenvalue weighted by Gasteiger charge is 2.39. The van der Waals surface area contributed by atoms with Crippen molar-refractivity contribution in [3.05, 3.63) is 35.5 Å². The largest absolute Gasteiger partial charge is 0.496 e. The number of nitrogens with one attached hydrogen (secondary N) is 4. The van der Waals surface area contributed by atoms with E-state index in [1.807, 2.05) is 26.0 Å². The molecule has 1 aromatic carbocycles. The van der Waals surface area contributed by atoms with Gasteiger partial charge in [-0.3, -0.25) is 14.4 Å². The second-order valence-electron chi connectivity index (χ2n) is 8.98. The van der Waals surface area contributed by atoms with Crippen LogP contribution in [0.4, 0.5) is 0 Å². The molecule has 2 bridgehead atoms. The van der Waals surface area contributed by atoms with Crippen LogP contribution in [0.3, 0.4) is 0 Å². The van der Waals surface area contributed by atoms with E-state index >= 15 is 0 Å². The van der Waals surface area contributed by atoms with E-state index in [9.17, 15) is 19.5 Å². The van der Waals surface area contributed by atoms with Crippen LogP contribution in [0.2, 0.25) is 0 Å². The van der Waals surface area contributed by atoms with Crippen molar-refractivity contribution in [3.8, 4) is 5.75 Å². The normalized spacial score (nSPS) is 25.5. The van der Waals surface area contributed by atoms with Crippen molar-refractivity contribution >= 4 is 23.8 Å². The zero-order valence-electron chi connectivity index (χ0n) is 20.9. The second kappa shape index (κ2) is 12.0. The summed E-state index contributed by atoms with van der Waals surface area (Å²) in [4.78, 5) is 39.5. The minimum absolute atomic E-state index is 0.204. The molecule has 9 nitrogen and oxygen atoms in total. The molecule has 0 aliphatic carbocycles. The number of benzene rings is 1. The Labute approximate surface area is 201 Å². The molecule has 188 valence electrons. The third-order valence-corrected chi connectivity index (χ3v) is 6.57. The van der Waals surface area contributed by atoms with Crippen molar-refractivity contribution in [2.45, 2.75) is 70.7 Å². The van der Waals surface area contributed by atoms with Gasteiger partial charge in [-0.25, -0.2) is 0 Å². The molecule has 3 amide bonds. The number of hydrogen-bond donors (Lipinski definition) is 5. The van der Waals surface area contributed by atoms with Crippen LogP contribution >= 0.6 is 0 Å². The molecule has 2 rings (SSSR count). The third-order valence-electron chi connectivity index (χ3n) is 6.57. The lowest BCUT2D eigenvalue weighted by Gasteiger charge is -2.33. The number of rotatable bonds is 6. The van der Waals surface area contributed by atoms with E-state index in [2.05, 4.69) is 21.3 Å². The predicted molar refractivity (Wildman–Crippen MR) is 131 cm³/mol. The lowest BCUT2D eigenvalue weighted by molar-refractivity contribution is -0.138. The Morgan fingerprint density at radius 3 is 2.47 bits per heavy atom. The fourth-order valence-electron chi connectivity index (χ4n) is 3.81. The molecule has 0 saturated carbocycles. The quantitative estimate of drug-likeness (QED) is 0.420. The van der Waals surface area contributed by atoms with Gasteiger partial charge in [-0.1, -0.05) is 33.3 Å². The molecule has 1 aromatic rings. The van der Waals surface area contributed by atoms with Gasteiger partial charge in [-0.2, -0.15) is 0 Å². The Morgan fingerprint density at radius 1 is 1.18 bits per heavy atom. The monoisotopic (exact) mass is 474 g/mol. The first-order chi connectivity index (χ1) is 16.1. The molecule has 34 heavy (non-hydrogen) atoms. The maximum atomic E-state index is 13.3. The van der Waals surface area contributed by atoms with Crippen LogP contribution in [-0.2, 0) is 20.8 Å². The van der Waals surface area contributed by atoms with Crippen molar-refractivity contribution in [2.75, 3.05) is 14.2 Å². The van der Waals surface area contributed by atoms with E-state index in [4.69, 9.17) is 4.74 Å². The van der Waals surface area contributed by atoms with Crippen molar-refractivity contribution in [1.82, 2.24) is 21.3 Å². The van der Waals surface area contributed by atoms with E-state index in [0.29, 0.717) is 18.6 Å². The van der Waals surface area contributed by atoms with Gasteiger partial charge in [-0.05, 0) is 55.6 Å². The van der Waals surface area contributed by atoms with Gasteiger partial charge in [0.2, 0.25) is 17.7 Å². The number of carbonyl (C=O) groups excluding carboxylic acids is 3. The minimum Gasteiger partial charge on any atom is -0.496 e. The van der Waals surface area contributed by atoms with Crippen LogP contribution in [0.25, 0.3) is 6.08 Å². The third kappa shape index (κ3) is 6.57. The molecule has 0 fully saturated rings. The first kappa shape index (κ1) is 27.3. The highest BCUT2D eigenvalue weighted by atomic mass is 16.5. The lowest BCUT2D eigenvalue weighted by Crippen LogP contribution is -2.63. The summed E-state index contributed by atoms with van der Waals surface area (Å²) in [7, 11) is 3.25. The highest BCUT2D eigenvalue weighted by molar-refractivity contribution is 5.94. The van der Waals surface area contributed by atoms with E-state index in [0.717, 1.165) is 11.1 Å².